The van der Waals surface area contributed by atoms with Crippen molar-refractivity contribution in [2.45, 2.75) is 33.2 Å². The number of nitrogens with zero attached hydrogens (tertiary/aromatic N) is 4. The van der Waals surface area contributed by atoms with Gasteiger partial charge < -0.3 is 4.90 Å². The normalized spacial score (nSPS) is 21.2. The Morgan fingerprint density at radius 2 is 2.10 bits per heavy atom. The van der Waals surface area contributed by atoms with Crippen LogP contribution >= 0.6 is 0 Å². The number of rotatable bonds is 5. The van der Waals surface area contributed by atoms with Crippen molar-refractivity contribution in [1.82, 2.24) is 19.7 Å². The average Bonchev–Trinajstić information content (AvgIpc) is 2.65. The summed E-state index contributed by atoms with van der Waals surface area (Å²) in [5.41, 5.74) is 0. The molecule has 0 bridgehead atoms. The highest BCUT2D eigenvalue weighted by Crippen LogP contribution is 2.18. The molecule has 0 aromatic carbocycles. The van der Waals surface area contributed by atoms with E-state index in [2.05, 4.69) is 15.0 Å². The molecule has 2 rings (SSSR count). The second-order valence-electron chi connectivity index (χ2n) is 5.83. The number of likely N-dealkylation sites (tertiary alicyclic amines) is 1. The first-order chi connectivity index (χ1) is 9.33. The largest absolute Gasteiger partial charge is 0.302 e. The third-order valence-corrected chi connectivity index (χ3v) is 4.70. The zero-order valence-corrected chi connectivity index (χ0v) is 13.4. The molecule has 0 N–H and O–H groups in total. The first-order valence-electron chi connectivity index (χ1n) is 7.11. The van der Waals surface area contributed by atoms with Gasteiger partial charge in [-0.1, -0.05) is 0 Å². The van der Waals surface area contributed by atoms with E-state index in [0.717, 1.165) is 37.7 Å². The monoisotopic (exact) mass is 300 g/mol. The number of aryl methyl sites for hydroxylation is 2. The van der Waals surface area contributed by atoms with Gasteiger partial charge in [0.2, 0.25) is 0 Å². The molecule has 0 saturated carbocycles. The summed E-state index contributed by atoms with van der Waals surface area (Å²) in [4.78, 5) is 6.58. The zero-order chi connectivity index (χ0) is 14.8. The van der Waals surface area contributed by atoms with Gasteiger partial charge in [0.1, 0.15) is 21.5 Å². The average molecular weight is 300 g/mol. The van der Waals surface area contributed by atoms with Crippen LogP contribution in [0, 0.1) is 19.8 Å². The summed E-state index contributed by atoms with van der Waals surface area (Å²) < 4.78 is 24.5. The molecular formula is C13H24N4O2S. The molecule has 114 valence electrons. The van der Waals surface area contributed by atoms with Crippen molar-refractivity contribution in [3.8, 4) is 0 Å². The second kappa shape index (κ2) is 6.22. The molecule has 1 aromatic rings. The molecule has 1 saturated heterocycles. The highest BCUT2D eigenvalue weighted by molar-refractivity contribution is 7.90. The van der Waals surface area contributed by atoms with Crippen molar-refractivity contribution in [2.75, 3.05) is 31.6 Å². The van der Waals surface area contributed by atoms with Gasteiger partial charge in [-0.15, -0.1) is 0 Å². The Balaban J connectivity index is 1.89. The first kappa shape index (κ1) is 15.4. The van der Waals surface area contributed by atoms with Crippen LogP contribution in [0.4, 0.5) is 0 Å². The molecule has 0 amide bonds. The molecule has 2 heterocycles. The van der Waals surface area contributed by atoms with Crippen LogP contribution in [-0.4, -0.2) is 59.7 Å². The molecule has 7 heteroatoms. The Bertz CT molecular complexity index is 553. The number of hydrogen-bond donors (Lipinski definition) is 0. The van der Waals surface area contributed by atoms with E-state index < -0.39 is 9.84 Å². The predicted molar refractivity (Wildman–Crippen MR) is 78.4 cm³/mol. The Hall–Kier alpha value is -0.950. The van der Waals surface area contributed by atoms with E-state index in [9.17, 15) is 8.42 Å². The van der Waals surface area contributed by atoms with Gasteiger partial charge >= 0.3 is 0 Å². The molecule has 6 nitrogen and oxygen atoms in total. The SMILES string of the molecule is Cc1nc(C)n(CC2CCCN(CCS(C)(=O)=O)C2)n1. The smallest absolute Gasteiger partial charge is 0.148 e. The van der Waals surface area contributed by atoms with E-state index in [1.54, 1.807) is 0 Å². The van der Waals surface area contributed by atoms with E-state index in [1.807, 2.05) is 18.5 Å². The maximum Gasteiger partial charge on any atom is 0.148 e. The molecule has 1 atom stereocenters. The molecule has 0 radical (unpaired) electrons. The van der Waals surface area contributed by atoms with E-state index >= 15 is 0 Å². The predicted octanol–water partition coefficient (Wildman–Crippen LogP) is 0.652. The van der Waals surface area contributed by atoms with Crippen LogP contribution in [0.3, 0.4) is 0 Å². The second-order valence-corrected chi connectivity index (χ2v) is 8.09. The lowest BCUT2D eigenvalue weighted by Gasteiger charge is -2.32. The van der Waals surface area contributed by atoms with Crippen molar-refractivity contribution in [3.63, 3.8) is 0 Å². The highest BCUT2D eigenvalue weighted by atomic mass is 32.2. The van der Waals surface area contributed by atoms with Gasteiger partial charge in [0.25, 0.3) is 0 Å². The fourth-order valence-corrected chi connectivity index (χ4v) is 3.37. The maximum atomic E-state index is 11.2. The minimum Gasteiger partial charge on any atom is -0.302 e. The lowest BCUT2D eigenvalue weighted by Crippen LogP contribution is -2.39. The molecule has 1 unspecified atom stereocenters. The minimum absolute atomic E-state index is 0.251. The molecule has 0 aliphatic carbocycles. The molecule has 0 spiro atoms. The van der Waals surface area contributed by atoms with Gasteiger partial charge in [-0.25, -0.2) is 18.1 Å². The Morgan fingerprint density at radius 3 is 2.70 bits per heavy atom. The van der Waals surface area contributed by atoms with Crippen molar-refractivity contribution >= 4 is 9.84 Å². The first-order valence-corrected chi connectivity index (χ1v) is 9.17. The number of piperidine rings is 1. The van der Waals surface area contributed by atoms with Gasteiger partial charge in [-0.05, 0) is 39.2 Å². The van der Waals surface area contributed by atoms with Gasteiger partial charge in [0.05, 0.1) is 5.75 Å². The Morgan fingerprint density at radius 1 is 1.35 bits per heavy atom. The van der Waals surface area contributed by atoms with Crippen LogP contribution in [0.15, 0.2) is 0 Å². The standard InChI is InChI=1S/C13H24N4O2S/c1-11-14-12(2)17(15-11)10-13-5-4-6-16(9-13)7-8-20(3,18)19/h13H,4-10H2,1-3H3. The summed E-state index contributed by atoms with van der Waals surface area (Å²) in [5.74, 6) is 2.55. The van der Waals surface area contributed by atoms with Crippen LogP contribution in [0.2, 0.25) is 0 Å². The third kappa shape index (κ3) is 4.56. The Labute approximate surface area is 121 Å². The zero-order valence-electron chi connectivity index (χ0n) is 12.5. The Kier molecular flexibility index (Phi) is 4.80. The van der Waals surface area contributed by atoms with Crippen LogP contribution in [0.1, 0.15) is 24.5 Å². The molecule has 1 aliphatic heterocycles. The van der Waals surface area contributed by atoms with Crippen LogP contribution in [-0.2, 0) is 16.4 Å². The summed E-state index contributed by atoms with van der Waals surface area (Å²) in [6, 6.07) is 0. The fraction of sp³-hybridized carbons (Fsp3) is 0.846. The van der Waals surface area contributed by atoms with Gasteiger partial charge in [0, 0.05) is 25.9 Å². The van der Waals surface area contributed by atoms with E-state index in [-0.39, 0.29) is 5.75 Å². The fourth-order valence-electron chi connectivity index (χ4n) is 2.78. The summed E-state index contributed by atoms with van der Waals surface area (Å²) in [6.07, 6.45) is 3.60. The van der Waals surface area contributed by atoms with Crippen LogP contribution in [0.25, 0.3) is 0 Å². The lowest BCUT2D eigenvalue weighted by atomic mass is 9.98. The summed E-state index contributed by atoms with van der Waals surface area (Å²) in [7, 11) is -2.87. The summed E-state index contributed by atoms with van der Waals surface area (Å²) in [6.45, 7) is 7.36. The molecule has 20 heavy (non-hydrogen) atoms. The van der Waals surface area contributed by atoms with Crippen molar-refractivity contribution in [3.05, 3.63) is 11.6 Å². The van der Waals surface area contributed by atoms with Gasteiger partial charge in [-0.3, -0.25) is 0 Å². The molecule has 1 aliphatic rings. The van der Waals surface area contributed by atoms with Gasteiger partial charge in [-0.2, -0.15) is 5.10 Å². The quantitative estimate of drug-likeness (QED) is 0.799. The summed E-state index contributed by atoms with van der Waals surface area (Å²) in [5, 5.41) is 4.41. The molecule has 1 aromatic heterocycles. The minimum atomic E-state index is -2.87. The van der Waals surface area contributed by atoms with Gasteiger partial charge in [0.15, 0.2) is 0 Å². The van der Waals surface area contributed by atoms with E-state index in [4.69, 9.17) is 0 Å². The van der Waals surface area contributed by atoms with Crippen molar-refractivity contribution in [2.24, 2.45) is 5.92 Å². The van der Waals surface area contributed by atoms with E-state index in [0.29, 0.717) is 12.5 Å². The van der Waals surface area contributed by atoms with Crippen molar-refractivity contribution < 1.29 is 8.42 Å². The number of aromatic nitrogens is 3. The van der Waals surface area contributed by atoms with Crippen LogP contribution < -0.4 is 0 Å². The third-order valence-electron chi connectivity index (χ3n) is 3.78. The number of hydrogen-bond acceptors (Lipinski definition) is 5. The molecular weight excluding hydrogens is 276 g/mol. The summed E-state index contributed by atoms with van der Waals surface area (Å²) >= 11 is 0. The highest BCUT2D eigenvalue weighted by Gasteiger charge is 2.22. The topological polar surface area (TPSA) is 68.1 Å². The molecule has 1 fully saturated rings. The van der Waals surface area contributed by atoms with Crippen LogP contribution in [0.5, 0.6) is 0 Å². The number of sulfone groups is 1. The van der Waals surface area contributed by atoms with E-state index in [1.165, 1.54) is 12.7 Å². The maximum absolute atomic E-state index is 11.2. The van der Waals surface area contributed by atoms with Crippen molar-refractivity contribution in [1.29, 1.82) is 0 Å². The lowest BCUT2D eigenvalue weighted by molar-refractivity contribution is 0.167.